The maximum Gasteiger partial charge on any atom is 0.416 e. The number of ether oxygens (including phenoxy) is 1. The average Bonchev–Trinajstić information content (AvgIpc) is 3.93. The van der Waals surface area contributed by atoms with Crippen molar-refractivity contribution >= 4 is 12.3 Å². The molecule has 12 heteroatoms. The first-order valence-electron chi connectivity index (χ1n) is 18.7. The minimum Gasteiger partial charge on any atom is -0.481 e. The van der Waals surface area contributed by atoms with Gasteiger partial charge in [-0.1, -0.05) is 37.8 Å². The van der Waals surface area contributed by atoms with Crippen LogP contribution >= 0.6 is 0 Å². The van der Waals surface area contributed by atoms with E-state index in [0.29, 0.717) is 62.7 Å². The van der Waals surface area contributed by atoms with Gasteiger partial charge in [0.2, 0.25) is 0 Å². The van der Waals surface area contributed by atoms with Crippen molar-refractivity contribution in [1.82, 2.24) is 14.8 Å². The second-order valence-corrected chi connectivity index (χ2v) is 15.2. The summed E-state index contributed by atoms with van der Waals surface area (Å²) in [6.45, 7) is 3.21. The lowest BCUT2D eigenvalue weighted by atomic mass is 9.86. The zero-order chi connectivity index (χ0) is 37.9. The normalized spacial score (nSPS) is 22.2. The number of aryl methyl sites for hydroxylation is 2. The minimum absolute atomic E-state index is 0.0110. The molecule has 2 atom stereocenters. The first-order chi connectivity index (χ1) is 25.3. The molecule has 6 rings (SSSR count). The van der Waals surface area contributed by atoms with Crippen molar-refractivity contribution in [2.45, 2.75) is 107 Å². The molecule has 1 aliphatic carbocycles. The Bertz CT molecular complexity index is 1870. The van der Waals surface area contributed by atoms with Gasteiger partial charge in [0, 0.05) is 51.6 Å². The molecule has 286 valence electrons. The van der Waals surface area contributed by atoms with Crippen molar-refractivity contribution < 1.29 is 37.0 Å². The maximum absolute atomic E-state index is 14.7. The Labute approximate surface area is 307 Å². The van der Waals surface area contributed by atoms with Crippen molar-refractivity contribution in [1.29, 1.82) is 0 Å². The number of methoxy groups -OCH3 is 1. The molecule has 3 aliphatic rings. The van der Waals surface area contributed by atoms with E-state index in [1.165, 1.54) is 12.3 Å². The Morgan fingerprint density at radius 2 is 1.75 bits per heavy atom. The highest BCUT2D eigenvalue weighted by Crippen LogP contribution is 2.44. The summed E-state index contributed by atoms with van der Waals surface area (Å²) < 4.78 is 64.2. The Balaban J connectivity index is 1.42. The second-order valence-electron chi connectivity index (χ2n) is 15.2. The molecule has 2 aliphatic heterocycles. The number of rotatable bonds is 9. The monoisotopic (exact) mass is 739 g/mol. The third-order valence-corrected chi connectivity index (χ3v) is 11.3. The standard InChI is InChI=1S/C41H49F4N3O5/c1-26-14-33(42)18-28-8-6-4-3-5-7-12-40(25-49,24-46-36(20-38(51)52)31-15-30(27-9-10-27)16-32(17-31)39(26)28)48-21-29(11-13-47-22-34(23-47)53-2)35(19-37(48)50)41(43,44)45/h14-19,21,25,27,34,36,46H,3-13,20,22-24H2,1-2H3,(H,51,52)/t36-,40-/m0/s1. The summed E-state index contributed by atoms with van der Waals surface area (Å²) in [5.74, 6) is -1.07. The van der Waals surface area contributed by atoms with Crippen molar-refractivity contribution in [3.05, 3.63) is 92.1 Å². The van der Waals surface area contributed by atoms with Gasteiger partial charge in [-0.05, 0) is 109 Å². The van der Waals surface area contributed by atoms with E-state index in [0.717, 1.165) is 64.5 Å². The number of alkyl halides is 3. The van der Waals surface area contributed by atoms with Gasteiger partial charge in [0.15, 0.2) is 0 Å². The number of aromatic nitrogens is 1. The lowest BCUT2D eigenvalue weighted by Gasteiger charge is -2.38. The number of nitrogens with zero attached hydrogens (tertiary/aromatic N) is 2. The van der Waals surface area contributed by atoms with E-state index in [1.807, 2.05) is 24.0 Å². The Kier molecular flexibility index (Phi) is 11.9. The number of nitrogens with one attached hydrogen (secondary N) is 1. The van der Waals surface area contributed by atoms with Crippen LogP contribution in [0.5, 0.6) is 0 Å². The predicted molar refractivity (Wildman–Crippen MR) is 194 cm³/mol. The number of hydrogen-bond acceptors (Lipinski definition) is 6. The van der Waals surface area contributed by atoms with Crippen LogP contribution in [-0.4, -0.2) is 66.2 Å². The van der Waals surface area contributed by atoms with Gasteiger partial charge < -0.3 is 24.5 Å². The number of halogens is 4. The van der Waals surface area contributed by atoms with Crippen LogP contribution in [0.4, 0.5) is 17.6 Å². The maximum atomic E-state index is 14.7. The van der Waals surface area contributed by atoms with Crippen LogP contribution < -0.4 is 10.9 Å². The fourth-order valence-corrected chi connectivity index (χ4v) is 8.13. The summed E-state index contributed by atoms with van der Waals surface area (Å²) in [4.78, 5) is 41.3. The van der Waals surface area contributed by atoms with Crippen LogP contribution in [0.25, 0.3) is 11.1 Å². The number of carboxylic acid groups (broad SMARTS) is 1. The van der Waals surface area contributed by atoms with Gasteiger partial charge in [0.05, 0.1) is 18.1 Å². The largest absolute Gasteiger partial charge is 0.481 e. The highest BCUT2D eigenvalue weighted by Gasteiger charge is 2.39. The molecule has 0 radical (unpaired) electrons. The zero-order valence-corrected chi connectivity index (χ0v) is 30.4. The number of fused-ring (bicyclic) bond motifs is 4. The summed E-state index contributed by atoms with van der Waals surface area (Å²) >= 11 is 0. The van der Waals surface area contributed by atoms with Crippen molar-refractivity contribution in [3.63, 3.8) is 0 Å². The molecule has 53 heavy (non-hydrogen) atoms. The molecule has 3 heterocycles. The van der Waals surface area contributed by atoms with Gasteiger partial charge in [0.25, 0.3) is 5.56 Å². The Morgan fingerprint density at radius 3 is 2.43 bits per heavy atom. The smallest absolute Gasteiger partial charge is 0.416 e. The molecule has 3 aromatic rings. The summed E-state index contributed by atoms with van der Waals surface area (Å²) in [6.07, 6.45) is 3.21. The molecular weight excluding hydrogens is 690 g/mol. The third-order valence-electron chi connectivity index (χ3n) is 11.3. The first-order valence-corrected chi connectivity index (χ1v) is 18.7. The molecule has 1 saturated carbocycles. The van der Waals surface area contributed by atoms with Crippen LogP contribution in [0.2, 0.25) is 0 Å². The van der Waals surface area contributed by atoms with Crippen LogP contribution in [0.1, 0.15) is 103 Å². The van der Waals surface area contributed by atoms with E-state index in [9.17, 15) is 37.1 Å². The summed E-state index contributed by atoms with van der Waals surface area (Å²) in [6, 6.07) is 8.93. The highest BCUT2D eigenvalue weighted by atomic mass is 19.4. The molecule has 1 saturated heterocycles. The number of benzene rings is 2. The zero-order valence-electron chi connectivity index (χ0n) is 30.4. The average molecular weight is 740 g/mol. The number of aliphatic carboxylic acids is 1. The van der Waals surface area contributed by atoms with Gasteiger partial charge >= 0.3 is 12.1 Å². The third kappa shape index (κ3) is 9.09. The topological polar surface area (TPSA) is 101 Å². The number of carbonyl (C=O) groups excluding carboxylic acids is 1. The minimum atomic E-state index is -4.77. The second kappa shape index (κ2) is 16.2. The van der Waals surface area contributed by atoms with Gasteiger partial charge in [0.1, 0.15) is 17.6 Å². The molecule has 1 aromatic heterocycles. The fraction of sp³-hybridized carbons (Fsp3) is 0.537. The molecule has 2 aromatic carbocycles. The first kappa shape index (κ1) is 38.8. The number of pyridine rings is 1. The van der Waals surface area contributed by atoms with Crippen LogP contribution in [0.15, 0.2) is 47.4 Å². The van der Waals surface area contributed by atoms with Crippen molar-refractivity contribution in [2.24, 2.45) is 0 Å². The number of carbonyl (C=O) groups is 2. The molecule has 0 amide bonds. The van der Waals surface area contributed by atoms with E-state index in [2.05, 4.69) is 11.4 Å². The number of likely N-dealkylation sites (tertiary alicyclic amines) is 1. The highest BCUT2D eigenvalue weighted by molar-refractivity contribution is 5.74. The summed E-state index contributed by atoms with van der Waals surface area (Å²) in [7, 11) is 1.59. The summed E-state index contributed by atoms with van der Waals surface area (Å²) in [5, 5.41) is 13.4. The number of hydrogen-bond donors (Lipinski definition) is 2. The van der Waals surface area contributed by atoms with Crippen LogP contribution in [-0.2, 0) is 38.9 Å². The van der Waals surface area contributed by atoms with E-state index in [1.54, 1.807) is 13.2 Å². The van der Waals surface area contributed by atoms with E-state index in [-0.39, 0.29) is 43.3 Å². The van der Waals surface area contributed by atoms with Crippen molar-refractivity contribution in [3.8, 4) is 11.1 Å². The quantitative estimate of drug-likeness (QED) is 0.175. The van der Waals surface area contributed by atoms with E-state index in [4.69, 9.17) is 4.74 Å². The van der Waals surface area contributed by atoms with Crippen LogP contribution in [0.3, 0.4) is 0 Å². The molecule has 0 unspecified atom stereocenters. The molecule has 2 N–H and O–H groups in total. The fourth-order valence-electron chi connectivity index (χ4n) is 8.13. The molecule has 0 spiro atoms. The molecular formula is C41H49F4N3O5. The molecule has 2 fully saturated rings. The summed E-state index contributed by atoms with van der Waals surface area (Å²) in [5.41, 5.74) is 1.58. The van der Waals surface area contributed by atoms with Gasteiger partial charge in [-0.2, -0.15) is 13.2 Å². The number of carboxylic acids is 1. The van der Waals surface area contributed by atoms with Crippen LogP contribution in [0, 0.1) is 12.7 Å². The molecule has 8 nitrogen and oxygen atoms in total. The van der Waals surface area contributed by atoms with E-state index < -0.39 is 34.8 Å². The van der Waals surface area contributed by atoms with Crippen molar-refractivity contribution in [2.75, 3.05) is 33.3 Å². The lowest BCUT2D eigenvalue weighted by Crippen LogP contribution is -2.52. The molecule has 2 bridgehead atoms. The predicted octanol–water partition coefficient (Wildman–Crippen LogP) is 7.33. The Hall–Kier alpha value is -3.87. The Morgan fingerprint density at radius 1 is 1.04 bits per heavy atom. The number of aldehydes is 1. The van der Waals surface area contributed by atoms with Gasteiger partial charge in [-0.3, -0.25) is 14.5 Å². The SMILES string of the molecule is COC1CN(CCc2cn([C@@]3(C=O)CCCCCCCc4cc(F)cc(C)c4-c4cc(C5CC5)cc(c4)[C@H](CC(=O)O)NC3)c(=O)cc2C(F)(F)F)C1. The van der Waals surface area contributed by atoms with Gasteiger partial charge in [-0.25, -0.2) is 4.39 Å². The lowest BCUT2D eigenvalue weighted by molar-refractivity contribution is -0.139. The van der Waals surface area contributed by atoms with E-state index >= 15 is 0 Å². The van der Waals surface area contributed by atoms with Gasteiger partial charge in [-0.15, -0.1) is 0 Å².